The molecule has 19 heavy (non-hydrogen) atoms. The molecule has 6 heteroatoms. The summed E-state index contributed by atoms with van der Waals surface area (Å²) in [6, 6.07) is 14.8. The third-order valence-electron chi connectivity index (χ3n) is 2.61. The van der Waals surface area contributed by atoms with Crippen molar-refractivity contribution in [2.45, 2.75) is 10.0 Å². The van der Waals surface area contributed by atoms with E-state index in [2.05, 4.69) is 0 Å². The summed E-state index contributed by atoms with van der Waals surface area (Å²) in [5.41, 5.74) is 5.30. The third-order valence-corrected chi connectivity index (χ3v) is 4.52. The van der Waals surface area contributed by atoms with Gasteiger partial charge >= 0.3 is 0 Å². The summed E-state index contributed by atoms with van der Waals surface area (Å²) in [5, 5.41) is -2.93. The summed E-state index contributed by atoms with van der Waals surface area (Å²) >= 11 is 0. The number of hydrogen-bond acceptors (Lipinski definition) is 3. The van der Waals surface area contributed by atoms with Gasteiger partial charge in [0, 0.05) is 5.56 Å². The summed E-state index contributed by atoms with van der Waals surface area (Å²) in [7, 11) is -4.28. The fourth-order valence-corrected chi connectivity index (χ4v) is 2.90. The van der Waals surface area contributed by atoms with Crippen molar-refractivity contribution in [1.82, 2.24) is 0 Å². The van der Waals surface area contributed by atoms with Crippen molar-refractivity contribution in [2.75, 3.05) is 0 Å². The van der Waals surface area contributed by atoms with Crippen LogP contribution in [0.1, 0.15) is 5.56 Å². The van der Waals surface area contributed by atoms with E-state index in [-0.39, 0.29) is 22.9 Å². The van der Waals surface area contributed by atoms with E-state index in [0.29, 0.717) is 0 Å². The van der Waals surface area contributed by atoms with Gasteiger partial charge < -0.3 is 0 Å². The molecule has 2 aromatic carbocycles. The molecular weight excluding hydrogens is 289 g/mol. The minimum atomic E-state index is -4.28. The predicted octanol–water partition coefficient (Wildman–Crippen LogP) is 2.62. The van der Waals surface area contributed by atoms with Crippen LogP contribution in [-0.4, -0.2) is 8.42 Å². The lowest BCUT2D eigenvalue weighted by atomic mass is 10.2. The Labute approximate surface area is 117 Å². The summed E-state index contributed by atoms with van der Waals surface area (Å²) in [4.78, 5) is -0.140. The number of hydrogen-bond donors (Lipinski definition) is 1. The first kappa shape index (κ1) is 15.6. The Morgan fingerprint density at radius 2 is 1.32 bits per heavy atom. The number of alkyl halides is 1. The summed E-state index contributed by atoms with van der Waals surface area (Å²) in [5.74, 6) is 0. The van der Waals surface area contributed by atoms with E-state index in [1.807, 2.05) is 0 Å². The fraction of sp³-hybridized carbons (Fsp3) is 0.0769. The van der Waals surface area contributed by atoms with Crippen LogP contribution < -0.4 is 5.73 Å². The monoisotopic (exact) mass is 301 g/mol. The van der Waals surface area contributed by atoms with Gasteiger partial charge in [0.15, 0.2) is 0 Å². The van der Waals surface area contributed by atoms with Crippen molar-refractivity contribution in [3.63, 3.8) is 0 Å². The highest BCUT2D eigenvalue weighted by Crippen LogP contribution is 2.31. The molecule has 2 aromatic rings. The number of benzene rings is 2. The van der Waals surface area contributed by atoms with Crippen LogP contribution in [0.5, 0.6) is 0 Å². The van der Waals surface area contributed by atoms with Gasteiger partial charge in [-0.3, -0.25) is 5.73 Å². The van der Waals surface area contributed by atoms with Gasteiger partial charge in [0.05, 0.1) is 4.90 Å². The molecule has 3 nitrogen and oxygen atoms in total. The largest absolute Gasteiger partial charge is 0.290 e. The van der Waals surface area contributed by atoms with Crippen molar-refractivity contribution in [3.8, 4) is 0 Å². The highest BCUT2D eigenvalue weighted by molar-refractivity contribution is 7.92. The van der Waals surface area contributed by atoms with Gasteiger partial charge in [-0.05, 0) is 12.1 Å². The number of nitrogens with two attached hydrogens (primary N) is 1. The normalized spacial score (nSPS) is 14.2. The molecule has 102 valence electrons. The van der Waals surface area contributed by atoms with Gasteiger partial charge in [-0.2, -0.15) is 0 Å². The highest BCUT2D eigenvalue weighted by Gasteiger charge is 2.43. The number of sulfone groups is 1. The SMILES string of the molecule is Cl.NC(F)(c1ccccc1)S(=O)(=O)c1ccccc1. The molecule has 0 aliphatic carbocycles. The molecule has 2 N–H and O–H groups in total. The van der Waals surface area contributed by atoms with Crippen molar-refractivity contribution in [1.29, 1.82) is 0 Å². The molecule has 0 saturated heterocycles. The Kier molecular flexibility index (Phi) is 4.68. The van der Waals surface area contributed by atoms with Crippen LogP contribution in [0.15, 0.2) is 65.6 Å². The fourth-order valence-electron chi connectivity index (χ4n) is 1.59. The average molecular weight is 302 g/mol. The molecular formula is C13H13ClFNO2S. The van der Waals surface area contributed by atoms with E-state index in [9.17, 15) is 12.8 Å². The molecule has 2 rings (SSSR count). The number of rotatable bonds is 3. The van der Waals surface area contributed by atoms with Crippen LogP contribution in [0, 0.1) is 0 Å². The maximum absolute atomic E-state index is 14.5. The van der Waals surface area contributed by atoms with Gasteiger partial charge in [-0.15, -0.1) is 12.4 Å². The molecule has 0 aliphatic rings. The van der Waals surface area contributed by atoms with Gasteiger partial charge in [-0.25, -0.2) is 12.8 Å². The molecule has 0 radical (unpaired) electrons. The molecule has 0 bridgehead atoms. The van der Waals surface area contributed by atoms with Crippen molar-refractivity contribution in [2.24, 2.45) is 5.73 Å². The second kappa shape index (κ2) is 5.69. The van der Waals surface area contributed by atoms with E-state index < -0.39 is 15.0 Å². The third kappa shape index (κ3) is 2.78. The van der Waals surface area contributed by atoms with Crippen LogP contribution in [0.25, 0.3) is 0 Å². The topological polar surface area (TPSA) is 60.2 Å². The Hall–Kier alpha value is -1.43. The smallest absolute Gasteiger partial charge is 0.282 e. The first-order valence-electron chi connectivity index (χ1n) is 5.29. The van der Waals surface area contributed by atoms with Crippen LogP contribution in [-0.2, 0) is 15.0 Å². The molecule has 0 saturated carbocycles. The van der Waals surface area contributed by atoms with Crippen molar-refractivity contribution >= 4 is 22.2 Å². The standard InChI is InChI=1S/C13H12FNO2S.ClH/c14-13(15,11-7-3-1-4-8-11)18(16,17)12-9-5-2-6-10-12;/h1-10H,15H2;1H. The molecule has 0 fully saturated rings. The quantitative estimate of drug-likeness (QED) is 0.887. The van der Waals surface area contributed by atoms with Gasteiger partial charge in [-0.1, -0.05) is 48.5 Å². The second-order valence-corrected chi connectivity index (χ2v) is 5.90. The zero-order valence-corrected chi connectivity index (χ0v) is 11.5. The van der Waals surface area contributed by atoms with Crippen molar-refractivity contribution in [3.05, 3.63) is 66.2 Å². The lowest BCUT2D eigenvalue weighted by Gasteiger charge is -2.20. The van der Waals surface area contributed by atoms with Gasteiger partial charge in [0.1, 0.15) is 0 Å². The van der Waals surface area contributed by atoms with E-state index >= 15 is 0 Å². The zero-order valence-electron chi connectivity index (χ0n) is 9.86. The molecule has 0 spiro atoms. The minimum absolute atomic E-state index is 0. The number of halogens is 2. The van der Waals surface area contributed by atoms with Crippen LogP contribution >= 0.6 is 12.4 Å². The predicted molar refractivity (Wildman–Crippen MR) is 74.3 cm³/mol. The Morgan fingerprint density at radius 1 is 0.895 bits per heavy atom. The van der Waals surface area contributed by atoms with E-state index in [4.69, 9.17) is 5.73 Å². The molecule has 1 atom stereocenters. The lowest BCUT2D eigenvalue weighted by Crippen LogP contribution is -2.40. The van der Waals surface area contributed by atoms with Crippen LogP contribution in [0.2, 0.25) is 0 Å². The highest BCUT2D eigenvalue weighted by atomic mass is 35.5. The van der Waals surface area contributed by atoms with Gasteiger partial charge in [0.25, 0.3) is 5.12 Å². The van der Waals surface area contributed by atoms with Gasteiger partial charge in [0.2, 0.25) is 9.84 Å². The zero-order chi connectivity index (χ0) is 13.2. The Bertz CT molecular complexity index is 630. The summed E-state index contributed by atoms with van der Waals surface area (Å²) < 4.78 is 38.8. The molecule has 1 unspecified atom stereocenters. The second-order valence-electron chi connectivity index (χ2n) is 3.83. The van der Waals surface area contributed by atoms with E-state index in [0.717, 1.165) is 0 Å². The van der Waals surface area contributed by atoms with Crippen molar-refractivity contribution < 1.29 is 12.8 Å². The minimum Gasteiger partial charge on any atom is -0.282 e. The maximum Gasteiger partial charge on any atom is 0.290 e. The summed E-state index contributed by atoms with van der Waals surface area (Å²) in [6.45, 7) is 0. The first-order chi connectivity index (χ1) is 8.46. The molecule has 0 amide bonds. The summed E-state index contributed by atoms with van der Waals surface area (Å²) in [6.07, 6.45) is 0. The Balaban J connectivity index is 0.00000180. The lowest BCUT2D eigenvalue weighted by molar-refractivity contribution is 0.281. The molecule has 0 aromatic heterocycles. The first-order valence-corrected chi connectivity index (χ1v) is 6.77. The van der Waals surface area contributed by atoms with E-state index in [1.54, 1.807) is 12.1 Å². The van der Waals surface area contributed by atoms with Crippen LogP contribution in [0.3, 0.4) is 0 Å². The van der Waals surface area contributed by atoms with Crippen LogP contribution in [0.4, 0.5) is 4.39 Å². The molecule has 0 heterocycles. The van der Waals surface area contributed by atoms with E-state index in [1.165, 1.54) is 48.5 Å². The maximum atomic E-state index is 14.5. The average Bonchev–Trinajstić information content (AvgIpc) is 2.40. The molecule has 0 aliphatic heterocycles. The Morgan fingerprint density at radius 3 is 1.79 bits per heavy atom.